The Balaban J connectivity index is 1.56. The summed E-state index contributed by atoms with van der Waals surface area (Å²) in [5.41, 5.74) is 3.89. The molecule has 0 atom stereocenters. The van der Waals surface area contributed by atoms with Crippen molar-refractivity contribution in [3.63, 3.8) is 0 Å². The minimum atomic E-state index is 1.13. The van der Waals surface area contributed by atoms with Crippen LogP contribution in [0.5, 0.6) is 0 Å². The van der Waals surface area contributed by atoms with Gasteiger partial charge >= 0.3 is 0 Å². The van der Waals surface area contributed by atoms with Gasteiger partial charge in [0, 0.05) is 48.8 Å². The quantitative estimate of drug-likeness (QED) is 0.0652. The van der Waals surface area contributed by atoms with E-state index in [-0.39, 0.29) is 0 Å². The van der Waals surface area contributed by atoms with Crippen LogP contribution in [0.15, 0.2) is 48.8 Å². The molecule has 0 bridgehead atoms. The van der Waals surface area contributed by atoms with E-state index in [4.69, 9.17) is 0 Å². The number of hydrogen-bond donors (Lipinski definition) is 0. The SMILES string of the molecule is CCCCSSCCCCCCCCCCC[n+]1ccc(/C=C/c2ccc(N(CCCC)CCCC)cc2)cc1. The van der Waals surface area contributed by atoms with Gasteiger partial charge in [-0.3, -0.25) is 0 Å². The number of benzene rings is 1. The molecule has 0 radical (unpaired) electrons. The molecule has 2 rings (SSSR count). The lowest BCUT2D eigenvalue weighted by Crippen LogP contribution is -2.32. The Labute approximate surface area is 256 Å². The van der Waals surface area contributed by atoms with Crippen molar-refractivity contribution < 1.29 is 4.57 Å². The highest BCUT2D eigenvalue weighted by atomic mass is 33.1. The number of hydrogen-bond acceptors (Lipinski definition) is 3. The fourth-order valence-electron chi connectivity index (χ4n) is 4.80. The minimum Gasteiger partial charge on any atom is -0.372 e. The molecule has 0 N–H and O–H groups in total. The second-order valence-corrected chi connectivity index (χ2v) is 13.9. The molecule has 1 heterocycles. The molecule has 1 aromatic heterocycles. The van der Waals surface area contributed by atoms with Gasteiger partial charge in [0.15, 0.2) is 12.4 Å². The molecule has 40 heavy (non-hydrogen) atoms. The van der Waals surface area contributed by atoms with Crippen LogP contribution in [0, 0.1) is 0 Å². The smallest absolute Gasteiger partial charge is 0.169 e. The summed E-state index contributed by atoms with van der Waals surface area (Å²) in [6.45, 7) is 10.3. The third-order valence-corrected chi connectivity index (χ3v) is 10.1. The van der Waals surface area contributed by atoms with E-state index in [1.54, 1.807) is 0 Å². The first-order valence-corrected chi connectivity index (χ1v) is 19.0. The molecule has 0 aliphatic carbocycles. The zero-order valence-electron chi connectivity index (χ0n) is 26.1. The predicted molar refractivity (Wildman–Crippen MR) is 185 cm³/mol. The molecule has 0 spiro atoms. The standard InChI is InChI=1S/C36H59N2S2/c1-4-7-28-38(29-8-5-2)36-23-21-34(22-24-36)19-20-35-25-30-37(31-26-35)27-17-15-13-11-10-12-14-16-18-33-40-39-32-9-6-3/h19-26,30-31H,4-18,27-29,32-33H2,1-3H3/q+1. The van der Waals surface area contributed by atoms with Crippen molar-refractivity contribution in [3.8, 4) is 0 Å². The van der Waals surface area contributed by atoms with Gasteiger partial charge in [-0.1, -0.05) is 124 Å². The summed E-state index contributed by atoms with van der Waals surface area (Å²) in [5.74, 6) is 2.67. The lowest BCUT2D eigenvalue weighted by atomic mass is 10.1. The molecule has 0 aliphatic rings. The molecule has 2 nitrogen and oxygen atoms in total. The lowest BCUT2D eigenvalue weighted by molar-refractivity contribution is -0.697. The summed E-state index contributed by atoms with van der Waals surface area (Å²) in [6.07, 6.45) is 29.2. The van der Waals surface area contributed by atoms with Crippen LogP contribution in [0.25, 0.3) is 12.2 Å². The number of nitrogens with zero attached hydrogens (tertiary/aromatic N) is 2. The van der Waals surface area contributed by atoms with Crippen molar-refractivity contribution in [1.29, 1.82) is 0 Å². The van der Waals surface area contributed by atoms with Gasteiger partial charge in [0.2, 0.25) is 0 Å². The topological polar surface area (TPSA) is 7.12 Å². The second kappa shape index (κ2) is 24.2. The number of unbranched alkanes of at least 4 members (excludes halogenated alkanes) is 11. The third-order valence-electron chi connectivity index (χ3n) is 7.52. The Kier molecular flexibility index (Phi) is 21.1. The van der Waals surface area contributed by atoms with Gasteiger partial charge in [0.1, 0.15) is 6.54 Å². The summed E-state index contributed by atoms with van der Waals surface area (Å²) >= 11 is 0. The molecule has 0 amide bonds. The summed E-state index contributed by atoms with van der Waals surface area (Å²) < 4.78 is 2.34. The average Bonchev–Trinajstić information content (AvgIpc) is 2.99. The number of aromatic nitrogens is 1. The van der Waals surface area contributed by atoms with Crippen molar-refractivity contribution in [3.05, 3.63) is 59.9 Å². The summed E-state index contributed by atoms with van der Waals surface area (Å²) in [5, 5.41) is 0. The Hall–Kier alpha value is -1.39. The van der Waals surface area contributed by atoms with Crippen LogP contribution in [0.3, 0.4) is 0 Å². The zero-order chi connectivity index (χ0) is 28.5. The maximum absolute atomic E-state index is 2.55. The highest BCUT2D eigenvalue weighted by Gasteiger charge is 2.05. The van der Waals surface area contributed by atoms with Crippen molar-refractivity contribution in [2.75, 3.05) is 29.5 Å². The van der Waals surface area contributed by atoms with E-state index in [0.29, 0.717) is 0 Å². The maximum Gasteiger partial charge on any atom is 0.169 e. The molecule has 224 valence electrons. The fourth-order valence-corrected chi connectivity index (χ4v) is 7.18. The normalized spacial score (nSPS) is 11.5. The van der Waals surface area contributed by atoms with E-state index in [0.717, 1.165) is 19.6 Å². The fraction of sp³-hybridized carbons (Fsp3) is 0.639. The maximum atomic E-state index is 2.55. The Morgan fingerprint density at radius 2 is 1.02 bits per heavy atom. The van der Waals surface area contributed by atoms with E-state index in [9.17, 15) is 0 Å². The van der Waals surface area contributed by atoms with Crippen LogP contribution in [0.1, 0.15) is 128 Å². The molecular weight excluding hydrogens is 525 g/mol. The van der Waals surface area contributed by atoms with Crippen LogP contribution < -0.4 is 9.47 Å². The van der Waals surface area contributed by atoms with E-state index in [1.165, 1.54) is 125 Å². The van der Waals surface area contributed by atoms with E-state index >= 15 is 0 Å². The summed E-state index contributed by atoms with van der Waals surface area (Å²) in [6, 6.07) is 13.6. The molecule has 0 fully saturated rings. The molecule has 2 aromatic rings. The van der Waals surface area contributed by atoms with Gasteiger partial charge in [0.25, 0.3) is 0 Å². The first-order chi connectivity index (χ1) is 19.8. The van der Waals surface area contributed by atoms with Crippen LogP contribution in [0.4, 0.5) is 5.69 Å². The van der Waals surface area contributed by atoms with Crippen LogP contribution in [-0.4, -0.2) is 24.6 Å². The Bertz CT molecular complexity index is 855. The van der Waals surface area contributed by atoms with Crippen LogP contribution in [-0.2, 0) is 6.54 Å². The number of rotatable bonds is 25. The zero-order valence-corrected chi connectivity index (χ0v) is 27.8. The van der Waals surface area contributed by atoms with Crippen LogP contribution >= 0.6 is 21.6 Å². The molecule has 1 aromatic carbocycles. The molecule has 4 heteroatoms. The van der Waals surface area contributed by atoms with Gasteiger partial charge in [-0.15, -0.1) is 0 Å². The number of anilines is 1. The van der Waals surface area contributed by atoms with E-state index in [1.807, 2.05) is 0 Å². The highest BCUT2D eigenvalue weighted by Crippen LogP contribution is 2.24. The van der Waals surface area contributed by atoms with Gasteiger partial charge in [0.05, 0.1) is 0 Å². The number of aryl methyl sites for hydroxylation is 1. The van der Waals surface area contributed by atoms with Gasteiger partial charge in [-0.2, -0.15) is 0 Å². The van der Waals surface area contributed by atoms with Gasteiger partial charge in [-0.25, -0.2) is 4.57 Å². The molecule has 0 unspecified atom stereocenters. The van der Waals surface area contributed by atoms with E-state index in [2.05, 4.69) is 113 Å². The van der Waals surface area contributed by atoms with Crippen molar-refractivity contribution in [2.24, 2.45) is 0 Å². The predicted octanol–water partition coefficient (Wildman–Crippen LogP) is 11.2. The van der Waals surface area contributed by atoms with Crippen molar-refractivity contribution >= 4 is 39.4 Å². The monoisotopic (exact) mass is 583 g/mol. The highest BCUT2D eigenvalue weighted by molar-refractivity contribution is 8.76. The third kappa shape index (κ3) is 16.8. The molecule has 0 aliphatic heterocycles. The van der Waals surface area contributed by atoms with Crippen molar-refractivity contribution in [1.82, 2.24) is 0 Å². The summed E-state index contributed by atoms with van der Waals surface area (Å²) in [7, 11) is 4.16. The molecule has 0 saturated heterocycles. The Morgan fingerprint density at radius 1 is 0.550 bits per heavy atom. The molecular formula is C36H59N2S2+. The van der Waals surface area contributed by atoms with Gasteiger partial charge < -0.3 is 4.90 Å². The summed E-state index contributed by atoms with van der Waals surface area (Å²) in [4.78, 5) is 2.55. The van der Waals surface area contributed by atoms with Crippen molar-refractivity contribution in [2.45, 2.75) is 124 Å². The largest absolute Gasteiger partial charge is 0.372 e. The average molecular weight is 584 g/mol. The lowest BCUT2D eigenvalue weighted by Gasteiger charge is -2.24. The van der Waals surface area contributed by atoms with Crippen LogP contribution in [0.2, 0.25) is 0 Å². The van der Waals surface area contributed by atoms with E-state index < -0.39 is 0 Å². The number of pyridine rings is 1. The second-order valence-electron chi connectivity index (χ2n) is 11.2. The Morgan fingerprint density at radius 3 is 1.57 bits per heavy atom. The molecule has 0 saturated carbocycles. The minimum absolute atomic E-state index is 1.13. The first-order valence-electron chi connectivity index (χ1n) is 16.5. The van der Waals surface area contributed by atoms with Gasteiger partial charge in [-0.05, 0) is 55.4 Å². The first kappa shape index (κ1) is 34.8.